The monoisotopic (exact) mass is 432 g/mol. The van der Waals surface area contributed by atoms with Crippen molar-refractivity contribution in [3.63, 3.8) is 0 Å². The highest BCUT2D eigenvalue weighted by molar-refractivity contribution is 7.89. The van der Waals surface area contributed by atoms with E-state index in [0.717, 1.165) is 19.6 Å². The predicted octanol–water partition coefficient (Wildman–Crippen LogP) is 2.95. The van der Waals surface area contributed by atoms with Crippen molar-refractivity contribution in [3.05, 3.63) is 64.2 Å². The van der Waals surface area contributed by atoms with Crippen LogP contribution in [0.4, 0.5) is 11.4 Å². The Morgan fingerprint density at radius 2 is 1.63 bits per heavy atom. The number of nitrogens with zero attached hydrogens (tertiary/aromatic N) is 4. The molecule has 0 amide bonds. The Kier molecular flexibility index (Phi) is 7.06. The Morgan fingerprint density at radius 3 is 2.20 bits per heavy atom. The highest BCUT2D eigenvalue weighted by Gasteiger charge is 2.28. The molecule has 0 unspecified atom stereocenters. The summed E-state index contributed by atoms with van der Waals surface area (Å²) in [6.07, 6.45) is 0. The number of piperazine rings is 1. The second-order valence-electron chi connectivity index (χ2n) is 7.25. The molecule has 0 N–H and O–H groups in total. The Labute approximate surface area is 177 Å². The van der Waals surface area contributed by atoms with Crippen molar-refractivity contribution in [3.8, 4) is 0 Å². The first-order valence-electron chi connectivity index (χ1n) is 10.2. The van der Waals surface area contributed by atoms with Gasteiger partial charge in [0.1, 0.15) is 5.69 Å². The fraction of sp³-hybridized carbons (Fsp3) is 0.429. The van der Waals surface area contributed by atoms with Crippen molar-refractivity contribution in [1.29, 1.82) is 0 Å². The van der Waals surface area contributed by atoms with E-state index in [1.807, 2.05) is 23.1 Å². The summed E-state index contributed by atoms with van der Waals surface area (Å²) in [5.41, 5.74) is 1.54. The largest absolute Gasteiger partial charge is 0.363 e. The van der Waals surface area contributed by atoms with Gasteiger partial charge in [-0.15, -0.1) is 0 Å². The van der Waals surface area contributed by atoms with Gasteiger partial charge >= 0.3 is 0 Å². The summed E-state index contributed by atoms with van der Waals surface area (Å²) in [5.74, 6) is 0. The maximum atomic E-state index is 12.8. The van der Waals surface area contributed by atoms with E-state index in [0.29, 0.717) is 31.9 Å². The molecule has 8 nitrogen and oxygen atoms in total. The van der Waals surface area contributed by atoms with Crippen LogP contribution in [0, 0.1) is 10.1 Å². The van der Waals surface area contributed by atoms with Gasteiger partial charge in [-0.2, -0.15) is 4.31 Å². The van der Waals surface area contributed by atoms with E-state index in [1.54, 1.807) is 19.9 Å². The molecule has 2 aromatic carbocycles. The first-order chi connectivity index (χ1) is 14.4. The van der Waals surface area contributed by atoms with Crippen molar-refractivity contribution >= 4 is 21.4 Å². The van der Waals surface area contributed by atoms with E-state index >= 15 is 0 Å². The molecule has 1 fully saturated rings. The number of nitro groups is 1. The second-order valence-corrected chi connectivity index (χ2v) is 9.18. The number of nitro benzene ring substituents is 1. The van der Waals surface area contributed by atoms with E-state index in [2.05, 4.69) is 17.0 Å². The van der Waals surface area contributed by atoms with Gasteiger partial charge in [-0.3, -0.25) is 15.0 Å². The van der Waals surface area contributed by atoms with Crippen LogP contribution in [0.2, 0.25) is 0 Å². The summed E-state index contributed by atoms with van der Waals surface area (Å²) in [6, 6.07) is 14.4. The molecular formula is C21H28N4O4S. The highest BCUT2D eigenvalue weighted by Crippen LogP contribution is 2.32. The third kappa shape index (κ3) is 4.80. The Hall–Kier alpha value is -2.49. The maximum absolute atomic E-state index is 12.8. The van der Waals surface area contributed by atoms with Gasteiger partial charge in [0.15, 0.2) is 0 Å². The van der Waals surface area contributed by atoms with E-state index < -0.39 is 14.9 Å². The van der Waals surface area contributed by atoms with Gasteiger partial charge in [0.25, 0.3) is 5.69 Å². The van der Waals surface area contributed by atoms with Crippen LogP contribution in [0.25, 0.3) is 0 Å². The lowest BCUT2D eigenvalue weighted by Gasteiger charge is -2.35. The standard InChI is InChI=1S/C21H28N4O4S/c1-3-24(4-2)30(28,29)19-10-11-20(21(16-19)25(26)27)23-14-12-22(13-15-23)17-18-8-6-5-7-9-18/h5-11,16H,3-4,12-15,17H2,1-2H3. The van der Waals surface area contributed by atoms with E-state index in [4.69, 9.17) is 0 Å². The minimum absolute atomic E-state index is 0.0376. The van der Waals surface area contributed by atoms with Crippen molar-refractivity contribution in [2.24, 2.45) is 0 Å². The van der Waals surface area contributed by atoms with Crippen LogP contribution >= 0.6 is 0 Å². The minimum atomic E-state index is -3.75. The van der Waals surface area contributed by atoms with Gasteiger partial charge in [0.05, 0.1) is 9.82 Å². The average Bonchev–Trinajstić information content (AvgIpc) is 2.75. The lowest BCUT2D eigenvalue weighted by molar-refractivity contribution is -0.384. The molecule has 1 aliphatic heterocycles. The zero-order valence-electron chi connectivity index (χ0n) is 17.4. The molecule has 0 saturated carbocycles. The highest BCUT2D eigenvalue weighted by atomic mass is 32.2. The number of sulfonamides is 1. The maximum Gasteiger partial charge on any atom is 0.293 e. The zero-order chi connectivity index (χ0) is 21.7. The first kappa shape index (κ1) is 22.2. The molecule has 0 radical (unpaired) electrons. The van der Waals surface area contributed by atoms with Gasteiger partial charge in [-0.25, -0.2) is 8.42 Å². The molecule has 162 valence electrons. The predicted molar refractivity (Wildman–Crippen MR) is 117 cm³/mol. The summed E-state index contributed by atoms with van der Waals surface area (Å²) in [4.78, 5) is 15.5. The van der Waals surface area contributed by atoms with E-state index in [9.17, 15) is 18.5 Å². The fourth-order valence-electron chi connectivity index (χ4n) is 3.78. The first-order valence-corrected chi connectivity index (χ1v) is 11.6. The Morgan fingerprint density at radius 1 is 1.00 bits per heavy atom. The number of hydrogen-bond acceptors (Lipinski definition) is 6. The molecule has 0 aromatic heterocycles. The van der Waals surface area contributed by atoms with Crippen molar-refractivity contribution in [2.75, 3.05) is 44.2 Å². The fourth-order valence-corrected chi connectivity index (χ4v) is 5.26. The lowest BCUT2D eigenvalue weighted by Crippen LogP contribution is -2.46. The third-order valence-electron chi connectivity index (χ3n) is 5.45. The third-order valence-corrected chi connectivity index (χ3v) is 7.49. The topological polar surface area (TPSA) is 87.0 Å². The van der Waals surface area contributed by atoms with Gasteiger partial charge in [0, 0.05) is 51.9 Å². The van der Waals surface area contributed by atoms with E-state index in [-0.39, 0.29) is 10.6 Å². The molecule has 1 saturated heterocycles. The smallest absolute Gasteiger partial charge is 0.293 e. The number of benzene rings is 2. The number of rotatable bonds is 8. The molecule has 0 aliphatic carbocycles. The van der Waals surface area contributed by atoms with Crippen molar-refractivity contribution in [1.82, 2.24) is 9.21 Å². The summed E-state index contributed by atoms with van der Waals surface area (Å²) in [6.45, 7) is 7.84. The van der Waals surface area contributed by atoms with Crippen LogP contribution in [-0.4, -0.2) is 61.8 Å². The second kappa shape index (κ2) is 9.55. The molecular weight excluding hydrogens is 404 g/mol. The van der Waals surface area contributed by atoms with Crippen LogP contribution in [0.5, 0.6) is 0 Å². The SMILES string of the molecule is CCN(CC)S(=O)(=O)c1ccc(N2CCN(Cc3ccccc3)CC2)c([N+](=O)[O-])c1. The Balaban J connectivity index is 1.77. The molecule has 0 bridgehead atoms. The number of hydrogen-bond donors (Lipinski definition) is 0. The van der Waals surface area contributed by atoms with Gasteiger partial charge in [0.2, 0.25) is 10.0 Å². The molecule has 0 atom stereocenters. The van der Waals surface area contributed by atoms with Gasteiger partial charge in [-0.1, -0.05) is 44.2 Å². The van der Waals surface area contributed by atoms with Crippen LogP contribution in [0.1, 0.15) is 19.4 Å². The summed E-state index contributed by atoms with van der Waals surface area (Å²) in [5, 5.41) is 11.7. The average molecular weight is 433 g/mol. The molecule has 3 rings (SSSR count). The summed E-state index contributed by atoms with van der Waals surface area (Å²) < 4.78 is 26.8. The molecule has 2 aromatic rings. The Bertz CT molecular complexity index is 970. The van der Waals surface area contributed by atoms with E-state index in [1.165, 1.54) is 22.0 Å². The van der Waals surface area contributed by atoms with Crippen LogP contribution in [0.15, 0.2) is 53.4 Å². The summed E-state index contributed by atoms with van der Waals surface area (Å²) in [7, 11) is -3.75. The van der Waals surface area contributed by atoms with Crippen molar-refractivity contribution in [2.45, 2.75) is 25.3 Å². The molecule has 30 heavy (non-hydrogen) atoms. The van der Waals surface area contributed by atoms with Gasteiger partial charge < -0.3 is 4.90 Å². The van der Waals surface area contributed by atoms with Crippen LogP contribution in [0.3, 0.4) is 0 Å². The molecule has 1 aliphatic rings. The molecule has 0 spiro atoms. The minimum Gasteiger partial charge on any atom is -0.363 e. The zero-order valence-corrected chi connectivity index (χ0v) is 18.2. The normalized spacial score (nSPS) is 15.5. The van der Waals surface area contributed by atoms with Crippen LogP contribution < -0.4 is 4.90 Å². The van der Waals surface area contributed by atoms with Gasteiger partial charge in [-0.05, 0) is 17.7 Å². The summed E-state index contributed by atoms with van der Waals surface area (Å²) >= 11 is 0. The lowest BCUT2D eigenvalue weighted by atomic mass is 10.2. The van der Waals surface area contributed by atoms with Crippen molar-refractivity contribution < 1.29 is 13.3 Å². The quantitative estimate of drug-likeness (QED) is 0.471. The van der Waals surface area contributed by atoms with Crippen LogP contribution in [-0.2, 0) is 16.6 Å². The molecule has 9 heteroatoms. The molecule has 1 heterocycles. The number of anilines is 1.